The second-order valence-corrected chi connectivity index (χ2v) is 6.98. The van der Waals surface area contributed by atoms with Gasteiger partial charge in [0.05, 0.1) is 13.7 Å². The van der Waals surface area contributed by atoms with Crippen LogP contribution in [0.3, 0.4) is 0 Å². The van der Waals surface area contributed by atoms with Crippen molar-refractivity contribution < 1.29 is 19.0 Å². The van der Waals surface area contributed by atoms with Crippen LogP contribution in [-0.4, -0.2) is 63.0 Å². The van der Waals surface area contributed by atoms with Crippen LogP contribution in [0.5, 0.6) is 11.5 Å². The third-order valence-electron chi connectivity index (χ3n) is 3.66. The zero-order valence-corrected chi connectivity index (χ0v) is 18.1. The third-order valence-corrected chi connectivity index (χ3v) is 3.66. The second kappa shape index (κ2) is 11.3. The number of ether oxygens (including phenoxy) is 3. The molecule has 0 aliphatic carbocycles. The summed E-state index contributed by atoms with van der Waals surface area (Å²) in [6.45, 7) is 11.5. The Balaban J connectivity index is 2.63. The van der Waals surface area contributed by atoms with E-state index in [-0.39, 0.29) is 6.09 Å². The maximum atomic E-state index is 12.2. The first kappa shape index (κ1) is 23.4. The molecule has 158 valence electrons. The molecule has 1 rings (SSSR count). The predicted molar refractivity (Wildman–Crippen MR) is 113 cm³/mol. The molecule has 2 N–H and O–H groups in total. The number of amides is 1. The Morgan fingerprint density at radius 1 is 1.21 bits per heavy atom. The van der Waals surface area contributed by atoms with Crippen molar-refractivity contribution in [2.75, 3.05) is 45.7 Å². The van der Waals surface area contributed by atoms with E-state index in [2.05, 4.69) is 15.6 Å². The van der Waals surface area contributed by atoms with Crippen LogP contribution in [0, 0.1) is 0 Å². The Labute approximate surface area is 168 Å². The maximum Gasteiger partial charge on any atom is 0.410 e. The highest BCUT2D eigenvalue weighted by atomic mass is 16.6. The number of guanidine groups is 1. The standard InChI is InChI=1S/C20H34N4O4/c1-8-24(19(25)28-20(3,4)5)13-12-22-18(21-6)23-15-10-11-16(26-7)17(14-15)27-9-2/h10-11,14H,8-9,12-13H2,1-7H3,(H2,21,22,23). The summed E-state index contributed by atoms with van der Waals surface area (Å²) in [5.74, 6) is 1.92. The molecule has 28 heavy (non-hydrogen) atoms. The molecule has 0 heterocycles. The average molecular weight is 395 g/mol. The lowest BCUT2D eigenvalue weighted by atomic mass is 10.2. The molecule has 0 radical (unpaired) electrons. The molecule has 0 fully saturated rings. The van der Waals surface area contributed by atoms with E-state index in [0.717, 1.165) is 5.69 Å². The Morgan fingerprint density at radius 3 is 2.46 bits per heavy atom. The largest absolute Gasteiger partial charge is 0.493 e. The van der Waals surface area contributed by atoms with Crippen LogP contribution in [0.15, 0.2) is 23.2 Å². The van der Waals surface area contributed by atoms with E-state index in [1.807, 2.05) is 52.8 Å². The van der Waals surface area contributed by atoms with Gasteiger partial charge in [0.1, 0.15) is 5.60 Å². The number of methoxy groups -OCH3 is 1. The normalized spacial score (nSPS) is 11.6. The van der Waals surface area contributed by atoms with Crippen molar-refractivity contribution in [2.45, 2.75) is 40.2 Å². The molecule has 1 aromatic carbocycles. The van der Waals surface area contributed by atoms with Crippen molar-refractivity contribution in [3.05, 3.63) is 18.2 Å². The van der Waals surface area contributed by atoms with E-state index in [4.69, 9.17) is 14.2 Å². The summed E-state index contributed by atoms with van der Waals surface area (Å²) in [5, 5.41) is 6.40. The van der Waals surface area contributed by atoms with Crippen molar-refractivity contribution in [1.29, 1.82) is 0 Å². The van der Waals surface area contributed by atoms with Crippen LogP contribution < -0.4 is 20.1 Å². The lowest BCUT2D eigenvalue weighted by Crippen LogP contribution is -2.42. The highest BCUT2D eigenvalue weighted by Gasteiger charge is 2.20. The molecule has 1 aromatic rings. The fourth-order valence-corrected chi connectivity index (χ4v) is 2.35. The first-order valence-electron chi connectivity index (χ1n) is 9.50. The molecular formula is C20H34N4O4. The van der Waals surface area contributed by atoms with E-state index in [9.17, 15) is 4.79 Å². The van der Waals surface area contributed by atoms with Gasteiger partial charge < -0.3 is 29.7 Å². The summed E-state index contributed by atoms with van der Waals surface area (Å²) in [7, 11) is 3.29. The van der Waals surface area contributed by atoms with Gasteiger partial charge in [-0.2, -0.15) is 0 Å². The minimum Gasteiger partial charge on any atom is -0.493 e. The van der Waals surface area contributed by atoms with Crippen molar-refractivity contribution in [1.82, 2.24) is 10.2 Å². The molecule has 0 bridgehead atoms. The maximum absolute atomic E-state index is 12.2. The molecule has 0 aromatic heterocycles. The zero-order valence-electron chi connectivity index (χ0n) is 18.1. The number of nitrogens with zero attached hydrogens (tertiary/aromatic N) is 2. The SMILES string of the molecule is CCOc1cc(NC(=NC)NCCN(CC)C(=O)OC(C)(C)C)ccc1OC. The van der Waals surface area contributed by atoms with Gasteiger partial charge in [-0.15, -0.1) is 0 Å². The van der Waals surface area contributed by atoms with Crippen LogP contribution in [0.25, 0.3) is 0 Å². The summed E-state index contributed by atoms with van der Waals surface area (Å²) in [4.78, 5) is 18.1. The monoisotopic (exact) mass is 394 g/mol. The highest BCUT2D eigenvalue weighted by molar-refractivity contribution is 5.93. The van der Waals surface area contributed by atoms with Gasteiger partial charge in [-0.05, 0) is 46.8 Å². The number of likely N-dealkylation sites (N-methyl/N-ethyl adjacent to an activating group) is 1. The quantitative estimate of drug-likeness (QED) is 0.520. The first-order chi connectivity index (χ1) is 13.2. The van der Waals surface area contributed by atoms with Crippen LogP contribution in [0.1, 0.15) is 34.6 Å². The molecular weight excluding hydrogens is 360 g/mol. The van der Waals surface area contributed by atoms with E-state index < -0.39 is 5.60 Å². The highest BCUT2D eigenvalue weighted by Crippen LogP contribution is 2.30. The summed E-state index contributed by atoms with van der Waals surface area (Å²) in [6, 6.07) is 5.57. The minimum absolute atomic E-state index is 0.323. The van der Waals surface area contributed by atoms with Crippen molar-refractivity contribution >= 4 is 17.7 Å². The van der Waals surface area contributed by atoms with Crippen molar-refractivity contribution in [3.8, 4) is 11.5 Å². The molecule has 1 amide bonds. The molecule has 0 aliphatic heterocycles. The fourth-order valence-electron chi connectivity index (χ4n) is 2.35. The van der Waals surface area contributed by atoms with Gasteiger partial charge in [-0.3, -0.25) is 4.99 Å². The number of hydrogen-bond acceptors (Lipinski definition) is 5. The van der Waals surface area contributed by atoms with E-state index >= 15 is 0 Å². The Bertz CT molecular complexity index is 656. The molecule has 0 spiro atoms. The van der Waals surface area contributed by atoms with Crippen LogP contribution in [-0.2, 0) is 4.74 Å². The number of hydrogen-bond donors (Lipinski definition) is 2. The second-order valence-electron chi connectivity index (χ2n) is 6.98. The zero-order chi connectivity index (χ0) is 21.2. The number of carbonyl (C=O) groups excluding carboxylic acids is 1. The third kappa shape index (κ3) is 7.94. The lowest BCUT2D eigenvalue weighted by molar-refractivity contribution is 0.0264. The Kier molecular flexibility index (Phi) is 9.41. The van der Waals surface area contributed by atoms with Crippen molar-refractivity contribution in [3.63, 3.8) is 0 Å². The number of nitrogens with one attached hydrogen (secondary N) is 2. The van der Waals surface area contributed by atoms with Gasteiger partial charge in [0.25, 0.3) is 0 Å². The Morgan fingerprint density at radius 2 is 1.93 bits per heavy atom. The van der Waals surface area contributed by atoms with Gasteiger partial charge in [0.15, 0.2) is 17.5 Å². The topological polar surface area (TPSA) is 84.4 Å². The van der Waals surface area contributed by atoms with Gasteiger partial charge in [0, 0.05) is 38.4 Å². The summed E-state index contributed by atoms with van der Waals surface area (Å²) < 4.78 is 16.3. The number of aliphatic imine (C=N–C) groups is 1. The van der Waals surface area contributed by atoms with Crippen molar-refractivity contribution in [2.24, 2.45) is 4.99 Å². The summed E-state index contributed by atoms with van der Waals surface area (Å²) >= 11 is 0. The average Bonchev–Trinajstić information content (AvgIpc) is 2.63. The molecule has 8 nitrogen and oxygen atoms in total. The number of anilines is 1. The summed E-state index contributed by atoms with van der Waals surface area (Å²) in [6.07, 6.45) is -0.323. The fraction of sp³-hybridized carbons (Fsp3) is 0.600. The van der Waals surface area contributed by atoms with E-state index in [1.54, 1.807) is 19.1 Å². The molecule has 0 unspecified atom stereocenters. The summed E-state index contributed by atoms with van der Waals surface area (Å²) in [5.41, 5.74) is 0.305. The minimum atomic E-state index is -0.512. The van der Waals surface area contributed by atoms with Crippen LogP contribution in [0.2, 0.25) is 0 Å². The van der Waals surface area contributed by atoms with Gasteiger partial charge in [-0.1, -0.05) is 0 Å². The first-order valence-corrected chi connectivity index (χ1v) is 9.50. The van der Waals surface area contributed by atoms with Crippen LogP contribution >= 0.6 is 0 Å². The van der Waals surface area contributed by atoms with Gasteiger partial charge >= 0.3 is 6.09 Å². The molecule has 0 saturated carbocycles. The number of benzene rings is 1. The molecule has 0 aliphatic rings. The molecule has 0 atom stereocenters. The number of carbonyl (C=O) groups is 1. The lowest BCUT2D eigenvalue weighted by Gasteiger charge is -2.26. The smallest absolute Gasteiger partial charge is 0.410 e. The molecule has 0 saturated heterocycles. The molecule has 8 heteroatoms. The van der Waals surface area contributed by atoms with Crippen LogP contribution in [0.4, 0.5) is 10.5 Å². The predicted octanol–water partition coefficient (Wildman–Crippen LogP) is 3.34. The van der Waals surface area contributed by atoms with Gasteiger partial charge in [-0.25, -0.2) is 4.79 Å². The van der Waals surface area contributed by atoms with E-state index in [0.29, 0.717) is 43.7 Å². The van der Waals surface area contributed by atoms with E-state index in [1.165, 1.54) is 0 Å². The van der Waals surface area contributed by atoms with Gasteiger partial charge in [0.2, 0.25) is 0 Å². The Hall–Kier alpha value is -2.64. The number of rotatable bonds is 8.